The second-order valence-corrected chi connectivity index (χ2v) is 12.4. The van der Waals surface area contributed by atoms with Gasteiger partial charge in [0.1, 0.15) is 16.6 Å². The summed E-state index contributed by atoms with van der Waals surface area (Å²) in [5.41, 5.74) is 3.31. The van der Waals surface area contributed by atoms with Crippen LogP contribution in [-0.4, -0.2) is 64.5 Å². The van der Waals surface area contributed by atoms with E-state index in [4.69, 9.17) is 11.6 Å². The predicted molar refractivity (Wildman–Crippen MR) is 153 cm³/mol. The summed E-state index contributed by atoms with van der Waals surface area (Å²) in [6.45, 7) is -0.187. The van der Waals surface area contributed by atoms with Crippen molar-refractivity contribution in [2.24, 2.45) is 0 Å². The predicted octanol–water partition coefficient (Wildman–Crippen LogP) is 4.22. The average molecular weight is 579 g/mol. The monoisotopic (exact) mass is 578 g/mol. The van der Waals surface area contributed by atoms with Crippen molar-refractivity contribution in [2.45, 2.75) is 37.8 Å². The van der Waals surface area contributed by atoms with Crippen LogP contribution in [0.1, 0.15) is 46.4 Å². The van der Waals surface area contributed by atoms with E-state index in [2.05, 4.69) is 25.0 Å². The molecule has 4 aromatic rings. The van der Waals surface area contributed by atoms with Gasteiger partial charge in [0.2, 0.25) is 10.0 Å². The normalized spacial score (nSPS) is 19.3. The van der Waals surface area contributed by atoms with Gasteiger partial charge < -0.3 is 10.3 Å². The summed E-state index contributed by atoms with van der Waals surface area (Å²) in [5, 5.41) is 4.82. The van der Waals surface area contributed by atoms with Gasteiger partial charge in [-0.1, -0.05) is 23.7 Å². The molecule has 6 rings (SSSR count). The van der Waals surface area contributed by atoms with E-state index in [1.807, 2.05) is 30.5 Å². The molecule has 1 fully saturated rings. The number of carbonyl (C=O) groups excluding carboxylic acids is 2. The average Bonchev–Trinajstić information content (AvgIpc) is 3.47. The molecule has 206 valence electrons. The van der Waals surface area contributed by atoms with Gasteiger partial charge in [0.05, 0.1) is 16.9 Å². The number of benzene rings is 1. The van der Waals surface area contributed by atoms with Gasteiger partial charge in [-0.15, -0.1) is 0 Å². The molecule has 3 N–H and O–H groups in total. The molecule has 1 aliphatic carbocycles. The summed E-state index contributed by atoms with van der Waals surface area (Å²) in [4.78, 5) is 38.0. The third-order valence-electron chi connectivity index (χ3n) is 7.44. The van der Waals surface area contributed by atoms with Crippen LogP contribution in [0, 0.1) is 0 Å². The Hall–Kier alpha value is -3.80. The maximum atomic E-state index is 12.8. The number of hydrogen-bond acceptors (Lipinski definition) is 7. The highest BCUT2D eigenvalue weighted by Gasteiger charge is 2.36. The zero-order valence-electron chi connectivity index (χ0n) is 21.4. The van der Waals surface area contributed by atoms with E-state index in [0.29, 0.717) is 34.9 Å². The second-order valence-electron chi connectivity index (χ2n) is 10.1. The summed E-state index contributed by atoms with van der Waals surface area (Å²) in [5.74, 6) is -0.594. The minimum absolute atomic E-state index is 0.113. The van der Waals surface area contributed by atoms with Crippen LogP contribution in [0.15, 0.2) is 60.9 Å². The molecule has 40 heavy (non-hydrogen) atoms. The lowest BCUT2D eigenvalue weighted by molar-refractivity contribution is 0.0664. The van der Waals surface area contributed by atoms with Gasteiger partial charge in [-0.05, 0) is 67.6 Å². The molecule has 0 unspecified atom stereocenters. The Kier molecular flexibility index (Phi) is 7.03. The van der Waals surface area contributed by atoms with Crippen LogP contribution < -0.4 is 10.0 Å². The fourth-order valence-electron chi connectivity index (χ4n) is 5.45. The molecule has 2 aliphatic rings. The maximum absolute atomic E-state index is 12.8. The number of carbonyl (C=O) groups is 2. The van der Waals surface area contributed by atoms with Gasteiger partial charge in [0.25, 0.3) is 11.8 Å². The first-order valence-electron chi connectivity index (χ1n) is 13.1. The topological polar surface area (TPSA) is 137 Å². The third kappa shape index (κ3) is 5.32. The fraction of sp³-hybridized carbons (Fsp3) is 0.286. The molecular weight excluding hydrogens is 552 g/mol. The highest BCUT2D eigenvalue weighted by molar-refractivity contribution is 7.89. The minimum atomic E-state index is -3.69. The Labute approximate surface area is 236 Å². The van der Waals surface area contributed by atoms with Crippen LogP contribution in [0.5, 0.6) is 0 Å². The highest BCUT2D eigenvalue weighted by atomic mass is 35.5. The Balaban J connectivity index is 1.03. The smallest absolute Gasteiger partial charge is 0.261 e. The maximum Gasteiger partial charge on any atom is 0.261 e. The van der Waals surface area contributed by atoms with E-state index in [0.717, 1.165) is 39.9 Å². The van der Waals surface area contributed by atoms with Crippen molar-refractivity contribution in [3.8, 4) is 11.1 Å². The van der Waals surface area contributed by atoms with Gasteiger partial charge >= 0.3 is 0 Å². The van der Waals surface area contributed by atoms with Gasteiger partial charge in [0, 0.05) is 42.0 Å². The molecule has 10 nitrogen and oxygen atoms in total. The molecular formula is C28H27ClN6O4S. The van der Waals surface area contributed by atoms with E-state index in [1.165, 1.54) is 0 Å². The summed E-state index contributed by atoms with van der Waals surface area (Å²) in [7, 11) is -3.69. The minimum Gasteiger partial charge on any atom is -0.367 e. The van der Waals surface area contributed by atoms with Crippen LogP contribution in [-0.2, 0) is 10.0 Å². The number of nitrogens with zero attached hydrogens (tertiary/aromatic N) is 3. The Morgan fingerprint density at radius 1 is 0.950 bits per heavy atom. The van der Waals surface area contributed by atoms with Crippen LogP contribution in [0.2, 0.25) is 5.15 Å². The Bertz CT molecular complexity index is 1680. The van der Waals surface area contributed by atoms with Gasteiger partial charge in [-0.2, -0.15) is 0 Å². The second kappa shape index (κ2) is 10.6. The number of halogens is 1. The number of nitrogens with one attached hydrogen (secondary N) is 3. The van der Waals surface area contributed by atoms with Crippen molar-refractivity contribution in [3.63, 3.8) is 0 Å². The summed E-state index contributed by atoms with van der Waals surface area (Å²) in [6, 6.07) is 14.1. The van der Waals surface area contributed by atoms with Gasteiger partial charge in [-0.25, -0.2) is 23.1 Å². The number of amides is 2. The number of pyridine rings is 2. The summed E-state index contributed by atoms with van der Waals surface area (Å²) < 4.78 is 28.3. The van der Waals surface area contributed by atoms with Crippen molar-refractivity contribution in [1.82, 2.24) is 24.6 Å². The molecule has 1 saturated carbocycles. The molecule has 3 aromatic heterocycles. The molecule has 0 saturated heterocycles. The highest BCUT2D eigenvalue weighted by Crippen LogP contribution is 2.32. The molecule has 2 amide bonds. The number of aromatic amines is 1. The number of H-pyrrole nitrogens is 1. The number of rotatable bonds is 8. The van der Waals surface area contributed by atoms with E-state index >= 15 is 0 Å². The molecule has 12 heteroatoms. The van der Waals surface area contributed by atoms with Crippen LogP contribution in [0.25, 0.3) is 22.2 Å². The zero-order chi connectivity index (χ0) is 27.9. The first kappa shape index (κ1) is 26.4. The fourth-order valence-corrected chi connectivity index (χ4v) is 6.95. The standard InChI is InChI=1S/C28H27ClN6O4S/c29-24-14-17(23-16-31-26-20(23)6-3-11-30-26)15-25(33-24)32-18-7-9-19(10-8-18)34-40(38,39)13-12-35-27(36)21-4-1-2-5-22(21)28(35)37/h1-6,11,14-16,18-19,34H,7-10,12-13H2,(H,30,31)(H,32,33)/t18-,19-. The number of fused-ring (bicyclic) bond motifs is 2. The number of anilines is 1. The molecule has 4 heterocycles. The molecule has 0 radical (unpaired) electrons. The number of sulfonamides is 1. The van der Waals surface area contributed by atoms with Crippen molar-refractivity contribution in [3.05, 3.63) is 77.2 Å². The molecule has 1 aliphatic heterocycles. The number of imide groups is 1. The quantitative estimate of drug-likeness (QED) is 0.210. The molecule has 1 aromatic carbocycles. The zero-order valence-corrected chi connectivity index (χ0v) is 23.0. The van der Waals surface area contributed by atoms with Crippen LogP contribution in [0.4, 0.5) is 5.82 Å². The van der Waals surface area contributed by atoms with Gasteiger partial charge in [-0.3, -0.25) is 14.5 Å². The summed E-state index contributed by atoms with van der Waals surface area (Å²) in [6.07, 6.45) is 6.41. The van der Waals surface area contributed by atoms with E-state index in [-0.39, 0.29) is 24.4 Å². The number of aromatic nitrogens is 3. The molecule has 0 bridgehead atoms. The third-order valence-corrected chi connectivity index (χ3v) is 9.05. The van der Waals surface area contributed by atoms with Crippen LogP contribution in [0.3, 0.4) is 0 Å². The van der Waals surface area contributed by atoms with Gasteiger partial charge in [0.15, 0.2) is 0 Å². The van der Waals surface area contributed by atoms with Crippen molar-refractivity contribution in [1.29, 1.82) is 0 Å². The lowest BCUT2D eigenvalue weighted by atomic mass is 9.92. The first-order chi connectivity index (χ1) is 19.3. The Morgan fingerprint density at radius 2 is 1.65 bits per heavy atom. The molecule has 0 atom stereocenters. The van der Waals surface area contributed by atoms with Crippen molar-refractivity contribution in [2.75, 3.05) is 17.6 Å². The SMILES string of the molecule is O=C1c2ccccc2C(=O)N1CCS(=O)(=O)N[C@H]1CC[C@H](Nc2cc(-c3c[nH]c4ncccc34)cc(Cl)n2)CC1. The van der Waals surface area contributed by atoms with Crippen molar-refractivity contribution < 1.29 is 18.0 Å². The lowest BCUT2D eigenvalue weighted by Gasteiger charge is -2.30. The van der Waals surface area contributed by atoms with E-state index in [9.17, 15) is 18.0 Å². The molecule has 0 spiro atoms. The lowest BCUT2D eigenvalue weighted by Crippen LogP contribution is -2.43. The summed E-state index contributed by atoms with van der Waals surface area (Å²) >= 11 is 6.35. The van der Waals surface area contributed by atoms with E-state index in [1.54, 1.807) is 30.5 Å². The van der Waals surface area contributed by atoms with E-state index < -0.39 is 21.8 Å². The Morgan fingerprint density at radius 3 is 2.38 bits per heavy atom. The van der Waals surface area contributed by atoms with Crippen LogP contribution >= 0.6 is 11.6 Å². The van der Waals surface area contributed by atoms with Crippen molar-refractivity contribution >= 4 is 50.3 Å². The largest absolute Gasteiger partial charge is 0.367 e. The first-order valence-corrected chi connectivity index (χ1v) is 15.1. The number of hydrogen-bond donors (Lipinski definition) is 3.